The van der Waals surface area contributed by atoms with E-state index in [2.05, 4.69) is 58.7 Å². The Kier molecular flexibility index (Phi) is 2.95. The summed E-state index contributed by atoms with van der Waals surface area (Å²) >= 11 is 0. The van der Waals surface area contributed by atoms with Crippen molar-refractivity contribution in [2.45, 2.75) is 61.2 Å². The van der Waals surface area contributed by atoms with E-state index in [1.54, 1.807) is 0 Å². The normalized spacial score (nSPS) is 30.9. The van der Waals surface area contributed by atoms with E-state index in [-0.39, 0.29) is 16.7 Å². The Labute approximate surface area is 133 Å². The lowest BCUT2D eigenvalue weighted by Crippen LogP contribution is -2.41. The number of fused-ring (bicyclic) bond motifs is 2. The molecule has 3 aliphatic rings. The van der Waals surface area contributed by atoms with Crippen LogP contribution in [-0.4, -0.2) is 17.7 Å². The summed E-state index contributed by atoms with van der Waals surface area (Å²) in [4.78, 5) is 0. The van der Waals surface area contributed by atoms with Gasteiger partial charge in [0.05, 0.1) is 5.92 Å². The topological polar surface area (TPSA) is 43.2 Å². The monoisotopic (exact) mass is 302 g/mol. The van der Waals surface area contributed by atoms with Crippen LogP contribution in [0.5, 0.6) is 0 Å². The molecule has 0 bridgehead atoms. The summed E-state index contributed by atoms with van der Waals surface area (Å²) in [6.45, 7) is 17.2. The second kappa shape index (κ2) is 4.24. The van der Waals surface area contributed by atoms with Gasteiger partial charge in [-0.25, -0.2) is 0 Å². The van der Waals surface area contributed by atoms with Crippen LogP contribution in [0.15, 0.2) is 32.9 Å². The minimum atomic E-state index is -0.693. The second-order valence-corrected chi connectivity index (χ2v) is 8.57. The first-order valence-electron chi connectivity index (χ1n) is 7.91. The lowest BCUT2D eigenvalue weighted by atomic mass is 9.72. The highest BCUT2D eigenvalue weighted by Gasteiger charge is 2.53. The minimum Gasteiger partial charge on any atom is -0.448 e. The highest BCUT2D eigenvalue weighted by Crippen LogP contribution is 2.51. The molecule has 0 aromatic carbocycles. The summed E-state index contributed by atoms with van der Waals surface area (Å²) in [7, 11) is 0. The Morgan fingerprint density at radius 3 is 2.18 bits per heavy atom. The third kappa shape index (κ3) is 1.96. The van der Waals surface area contributed by atoms with Gasteiger partial charge in [0.1, 0.15) is 5.71 Å². The Bertz CT molecular complexity index is 654. The average molecular weight is 302 g/mol. The fraction of sp³-hybridized carbons (Fsp3) is 0.667. The van der Waals surface area contributed by atoms with E-state index in [1.807, 2.05) is 13.1 Å². The maximum absolute atomic E-state index is 6.33. The SMILES string of the molecule is CC1=C(C(C)(C)C)C2C=NN=C2C2=C1OC(C)(C(C)(C)C)O2. The maximum atomic E-state index is 6.33. The van der Waals surface area contributed by atoms with Gasteiger partial charge in [0, 0.05) is 18.6 Å². The number of allylic oxidation sites excluding steroid dienone is 3. The lowest BCUT2D eigenvalue weighted by molar-refractivity contribution is -0.202. The van der Waals surface area contributed by atoms with E-state index in [0.29, 0.717) is 0 Å². The molecule has 0 spiro atoms. The Morgan fingerprint density at radius 2 is 1.64 bits per heavy atom. The summed E-state index contributed by atoms with van der Waals surface area (Å²) in [5, 5.41) is 8.49. The number of ether oxygens (including phenoxy) is 2. The minimum absolute atomic E-state index is 0.0223. The lowest BCUT2D eigenvalue weighted by Gasteiger charge is -2.36. The fourth-order valence-electron chi connectivity index (χ4n) is 3.30. The first-order chi connectivity index (χ1) is 9.96. The Morgan fingerprint density at radius 1 is 1.05 bits per heavy atom. The molecular weight excluding hydrogens is 276 g/mol. The van der Waals surface area contributed by atoms with Gasteiger partial charge in [-0.2, -0.15) is 10.2 Å². The van der Waals surface area contributed by atoms with Crippen LogP contribution in [0.25, 0.3) is 0 Å². The number of nitrogens with zero attached hydrogens (tertiary/aromatic N) is 2. The van der Waals surface area contributed by atoms with Gasteiger partial charge >= 0.3 is 0 Å². The molecule has 0 saturated carbocycles. The van der Waals surface area contributed by atoms with Gasteiger partial charge in [-0.3, -0.25) is 0 Å². The van der Waals surface area contributed by atoms with Crippen molar-refractivity contribution < 1.29 is 9.47 Å². The fourth-order valence-corrected chi connectivity index (χ4v) is 3.30. The van der Waals surface area contributed by atoms with Crippen LogP contribution < -0.4 is 0 Å². The van der Waals surface area contributed by atoms with Crippen molar-refractivity contribution in [2.24, 2.45) is 27.0 Å². The van der Waals surface area contributed by atoms with Crippen LogP contribution in [0.4, 0.5) is 0 Å². The molecule has 4 heteroatoms. The molecule has 0 N–H and O–H groups in total. The van der Waals surface area contributed by atoms with Gasteiger partial charge in [-0.1, -0.05) is 41.5 Å². The molecule has 2 heterocycles. The molecule has 0 radical (unpaired) electrons. The molecule has 4 nitrogen and oxygen atoms in total. The molecule has 1 aliphatic carbocycles. The van der Waals surface area contributed by atoms with Gasteiger partial charge in [0.15, 0.2) is 11.5 Å². The molecule has 0 aromatic heterocycles. The molecule has 0 amide bonds. The largest absolute Gasteiger partial charge is 0.448 e. The Hall–Kier alpha value is -1.58. The zero-order valence-electron chi connectivity index (χ0n) is 14.9. The number of rotatable bonds is 0. The van der Waals surface area contributed by atoms with Crippen LogP contribution in [0.1, 0.15) is 55.4 Å². The molecule has 2 atom stereocenters. The van der Waals surface area contributed by atoms with Crippen molar-refractivity contribution in [1.29, 1.82) is 0 Å². The third-order valence-electron chi connectivity index (χ3n) is 4.93. The smallest absolute Gasteiger partial charge is 0.253 e. The first kappa shape index (κ1) is 15.3. The molecule has 2 aliphatic heterocycles. The van der Waals surface area contributed by atoms with Crippen LogP contribution in [-0.2, 0) is 9.47 Å². The summed E-state index contributed by atoms with van der Waals surface area (Å²) in [5.41, 5.74) is 3.23. The molecule has 120 valence electrons. The highest BCUT2D eigenvalue weighted by molar-refractivity contribution is 6.14. The van der Waals surface area contributed by atoms with Crippen molar-refractivity contribution in [2.75, 3.05) is 0 Å². The van der Waals surface area contributed by atoms with Gasteiger partial charge in [-0.15, -0.1) is 0 Å². The van der Waals surface area contributed by atoms with E-state index in [9.17, 15) is 0 Å². The standard InChI is InChI=1S/C18H26N2O2/c1-10-12(16(2,3)4)11-9-19-20-13(11)15-14(10)21-18(8,22-15)17(5,6)7/h9,11H,1-8H3. The summed E-state index contributed by atoms with van der Waals surface area (Å²) in [5.74, 6) is 1.01. The number of hydrogen-bond acceptors (Lipinski definition) is 4. The van der Waals surface area contributed by atoms with Gasteiger partial charge < -0.3 is 9.47 Å². The average Bonchev–Trinajstić information content (AvgIpc) is 2.90. The van der Waals surface area contributed by atoms with Crippen LogP contribution in [0, 0.1) is 16.7 Å². The van der Waals surface area contributed by atoms with Gasteiger partial charge in [0.2, 0.25) is 0 Å². The van der Waals surface area contributed by atoms with Crippen LogP contribution >= 0.6 is 0 Å². The summed E-state index contributed by atoms with van der Waals surface area (Å²) in [6.07, 6.45) is 1.92. The maximum Gasteiger partial charge on any atom is 0.253 e. The first-order valence-corrected chi connectivity index (χ1v) is 7.91. The van der Waals surface area contributed by atoms with E-state index in [1.165, 1.54) is 5.57 Å². The van der Waals surface area contributed by atoms with E-state index < -0.39 is 5.79 Å². The summed E-state index contributed by atoms with van der Waals surface area (Å²) < 4.78 is 12.6. The molecular formula is C18H26N2O2. The van der Waals surface area contributed by atoms with Crippen molar-refractivity contribution in [3.63, 3.8) is 0 Å². The van der Waals surface area contributed by atoms with Crippen molar-refractivity contribution in [1.82, 2.24) is 0 Å². The predicted molar refractivity (Wildman–Crippen MR) is 88.6 cm³/mol. The molecule has 0 fully saturated rings. The molecule has 22 heavy (non-hydrogen) atoms. The van der Waals surface area contributed by atoms with Gasteiger partial charge in [0.25, 0.3) is 5.79 Å². The van der Waals surface area contributed by atoms with Crippen molar-refractivity contribution in [3.05, 3.63) is 22.7 Å². The summed E-state index contributed by atoms with van der Waals surface area (Å²) in [6, 6.07) is 0. The number of hydrogen-bond donors (Lipinski definition) is 0. The van der Waals surface area contributed by atoms with Crippen LogP contribution in [0.2, 0.25) is 0 Å². The van der Waals surface area contributed by atoms with Crippen molar-refractivity contribution >= 4 is 11.9 Å². The van der Waals surface area contributed by atoms with E-state index >= 15 is 0 Å². The Balaban J connectivity index is 2.14. The zero-order chi connectivity index (χ0) is 16.5. The van der Waals surface area contributed by atoms with E-state index in [4.69, 9.17) is 9.47 Å². The second-order valence-electron chi connectivity index (χ2n) is 8.57. The zero-order valence-corrected chi connectivity index (χ0v) is 14.9. The van der Waals surface area contributed by atoms with Gasteiger partial charge in [-0.05, 0) is 23.5 Å². The van der Waals surface area contributed by atoms with E-state index in [0.717, 1.165) is 22.8 Å². The predicted octanol–water partition coefficient (Wildman–Crippen LogP) is 4.44. The van der Waals surface area contributed by atoms with Crippen molar-refractivity contribution in [3.8, 4) is 0 Å². The molecule has 2 unspecified atom stereocenters. The highest BCUT2D eigenvalue weighted by atomic mass is 16.7. The molecule has 0 aromatic rings. The quantitative estimate of drug-likeness (QED) is 0.664. The molecule has 0 saturated heterocycles. The molecule has 3 rings (SSSR count). The third-order valence-corrected chi connectivity index (χ3v) is 4.93. The van der Waals surface area contributed by atoms with Crippen LogP contribution in [0.3, 0.4) is 0 Å².